The number of nitrogens with one attached hydrogen (secondary N) is 1. The van der Waals surface area contributed by atoms with Crippen LogP contribution in [0.5, 0.6) is 0 Å². The van der Waals surface area contributed by atoms with E-state index < -0.39 is 5.41 Å². The molecule has 0 aliphatic carbocycles. The summed E-state index contributed by atoms with van der Waals surface area (Å²) in [6.07, 6.45) is 2.40. The molecule has 0 aliphatic rings. The van der Waals surface area contributed by atoms with Crippen molar-refractivity contribution in [3.05, 3.63) is 65.7 Å². The number of nitrogen functional groups attached to an aromatic ring is 1. The SMILES string of the molecule is CCC(CC)(C(=O)NCCc1ccc(N)cc1)c1ccccc1.Cl. The molecule has 0 atom stereocenters. The van der Waals surface area contributed by atoms with Crippen LogP contribution in [0, 0.1) is 0 Å². The number of anilines is 1. The highest BCUT2D eigenvalue weighted by atomic mass is 35.5. The number of hydrogen-bond acceptors (Lipinski definition) is 2. The van der Waals surface area contributed by atoms with Crippen LogP contribution in [0.4, 0.5) is 5.69 Å². The zero-order valence-corrected chi connectivity index (χ0v) is 15.2. The van der Waals surface area contributed by atoms with Gasteiger partial charge in [-0.1, -0.05) is 56.3 Å². The van der Waals surface area contributed by atoms with Crippen LogP contribution in [0.25, 0.3) is 0 Å². The first kappa shape index (κ1) is 20.0. The summed E-state index contributed by atoms with van der Waals surface area (Å²) in [5.74, 6) is 0.115. The molecule has 24 heavy (non-hydrogen) atoms. The Morgan fingerprint density at radius 2 is 1.58 bits per heavy atom. The van der Waals surface area contributed by atoms with E-state index in [9.17, 15) is 4.79 Å². The number of carbonyl (C=O) groups is 1. The molecule has 0 bridgehead atoms. The van der Waals surface area contributed by atoms with Crippen LogP contribution >= 0.6 is 12.4 Å². The Kier molecular flexibility index (Phi) is 7.80. The maximum absolute atomic E-state index is 12.8. The molecule has 3 nitrogen and oxygen atoms in total. The van der Waals surface area contributed by atoms with E-state index in [-0.39, 0.29) is 18.3 Å². The van der Waals surface area contributed by atoms with Gasteiger partial charge in [0.2, 0.25) is 5.91 Å². The first-order valence-corrected chi connectivity index (χ1v) is 8.30. The van der Waals surface area contributed by atoms with Crippen molar-refractivity contribution in [1.82, 2.24) is 5.32 Å². The van der Waals surface area contributed by atoms with Gasteiger partial charge in [0.15, 0.2) is 0 Å². The van der Waals surface area contributed by atoms with Gasteiger partial charge in [-0.25, -0.2) is 0 Å². The van der Waals surface area contributed by atoms with E-state index in [1.54, 1.807) is 0 Å². The minimum absolute atomic E-state index is 0. The molecule has 0 saturated carbocycles. The molecule has 0 saturated heterocycles. The molecule has 4 heteroatoms. The average Bonchev–Trinajstić information content (AvgIpc) is 2.59. The first-order valence-electron chi connectivity index (χ1n) is 8.30. The largest absolute Gasteiger partial charge is 0.399 e. The summed E-state index contributed by atoms with van der Waals surface area (Å²) in [5, 5.41) is 3.12. The maximum atomic E-state index is 12.8. The number of hydrogen-bond donors (Lipinski definition) is 2. The standard InChI is InChI=1S/C20H26N2O.ClH/c1-3-20(4-2,17-8-6-5-7-9-17)19(23)22-15-14-16-10-12-18(21)13-11-16;/h5-13H,3-4,14-15,21H2,1-2H3,(H,22,23);1H. The second kappa shape index (κ2) is 9.33. The molecule has 0 radical (unpaired) electrons. The third-order valence-electron chi connectivity index (χ3n) is 4.65. The molecule has 0 heterocycles. The maximum Gasteiger partial charge on any atom is 0.230 e. The molecule has 0 aliphatic heterocycles. The van der Waals surface area contributed by atoms with E-state index in [0.717, 1.165) is 30.5 Å². The van der Waals surface area contributed by atoms with Gasteiger partial charge < -0.3 is 11.1 Å². The van der Waals surface area contributed by atoms with Gasteiger partial charge in [0.25, 0.3) is 0 Å². The number of halogens is 1. The van der Waals surface area contributed by atoms with Gasteiger partial charge in [0, 0.05) is 12.2 Å². The highest BCUT2D eigenvalue weighted by Crippen LogP contribution is 2.31. The Morgan fingerprint density at radius 1 is 1.00 bits per heavy atom. The lowest BCUT2D eigenvalue weighted by atomic mass is 9.75. The van der Waals surface area contributed by atoms with Gasteiger partial charge in [-0.2, -0.15) is 0 Å². The summed E-state index contributed by atoms with van der Waals surface area (Å²) in [4.78, 5) is 12.8. The number of carbonyl (C=O) groups excluding carboxylic acids is 1. The molecular formula is C20H27ClN2O. The van der Waals surface area contributed by atoms with Crippen LogP contribution in [0.3, 0.4) is 0 Å². The monoisotopic (exact) mass is 346 g/mol. The lowest BCUT2D eigenvalue weighted by Crippen LogP contribution is -2.44. The molecule has 2 aromatic rings. The minimum atomic E-state index is -0.442. The van der Waals surface area contributed by atoms with Crippen molar-refractivity contribution in [2.75, 3.05) is 12.3 Å². The summed E-state index contributed by atoms with van der Waals surface area (Å²) in [6, 6.07) is 17.9. The Morgan fingerprint density at radius 3 is 2.12 bits per heavy atom. The predicted molar refractivity (Wildman–Crippen MR) is 104 cm³/mol. The fourth-order valence-corrected chi connectivity index (χ4v) is 3.04. The van der Waals surface area contributed by atoms with Crippen molar-refractivity contribution in [2.24, 2.45) is 0 Å². The number of benzene rings is 2. The normalized spacial score (nSPS) is 10.8. The average molecular weight is 347 g/mol. The molecule has 2 aromatic carbocycles. The lowest BCUT2D eigenvalue weighted by Gasteiger charge is -2.31. The van der Waals surface area contributed by atoms with Gasteiger partial charge in [-0.3, -0.25) is 4.79 Å². The third kappa shape index (κ3) is 4.51. The van der Waals surface area contributed by atoms with Crippen molar-refractivity contribution in [1.29, 1.82) is 0 Å². The molecule has 0 fully saturated rings. The summed E-state index contributed by atoms with van der Waals surface area (Å²) in [7, 11) is 0. The topological polar surface area (TPSA) is 55.1 Å². The molecule has 3 N–H and O–H groups in total. The quantitative estimate of drug-likeness (QED) is 0.741. The Hall–Kier alpha value is -2.00. The predicted octanol–water partition coefficient (Wildman–Crippen LogP) is 4.11. The van der Waals surface area contributed by atoms with Crippen LogP contribution in [0.2, 0.25) is 0 Å². The number of nitrogens with two attached hydrogens (primary N) is 1. The summed E-state index contributed by atoms with van der Waals surface area (Å²) < 4.78 is 0. The zero-order valence-electron chi connectivity index (χ0n) is 14.4. The van der Waals surface area contributed by atoms with E-state index in [1.165, 1.54) is 5.56 Å². The Bertz CT molecular complexity index is 622. The summed E-state index contributed by atoms with van der Waals surface area (Å²) in [5.41, 5.74) is 8.28. The second-order valence-electron chi connectivity index (χ2n) is 5.90. The number of amides is 1. The van der Waals surface area contributed by atoms with Crippen LogP contribution in [0.1, 0.15) is 37.8 Å². The van der Waals surface area contributed by atoms with E-state index in [1.807, 2.05) is 54.6 Å². The van der Waals surface area contributed by atoms with E-state index in [0.29, 0.717) is 6.54 Å². The van der Waals surface area contributed by atoms with Crippen molar-refractivity contribution >= 4 is 24.0 Å². The van der Waals surface area contributed by atoms with Crippen molar-refractivity contribution < 1.29 is 4.79 Å². The molecule has 0 spiro atoms. The summed E-state index contributed by atoms with van der Waals surface area (Å²) >= 11 is 0. The van der Waals surface area contributed by atoms with E-state index in [4.69, 9.17) is 5.73 Å². The van der Waals surface area contributed by atoms with Crippen LogP contribution < -0.4 is 11.1 Å². The number of rotatable bonds is 7. The fourth-order valence-electron chi connectivity index (χ4n) is 3.04. The molecule has 2 rings (SSSR count). The highest BCUT2D eigenvalue weighted by molar-refractivity contribution is 5.88. The second-order valence-corrected chi connectivity index (χ2v) is 5.90. The summed E-state index contributed by atoms with van der Waals surface area (Å²) in [6.45, 7) is 4.80. The Balaban J connectivity index is 0.00000288. The Labute approximate surface area is 151 Å². The van der Waals surface area contributed by atoms with Crippen molar-refractivity contribution in [2.45, 2.75) is 38.5 Å². The van der Waals surface area contributed by atoms with Crippen LogP contribution in [-0.2, 0) is 16.6 Å². The molecular weight excluding hydrogens is 320 g/mol. The van der Waals surface area contributed by atoms with Gasteiger partial charge in [0.1, 0.15) is 0 Å². The zero-order chi connectivity index (χ0) is 16.7. The smallest absolute Gasteiger partial charge is 0.230 e. The molecule has 130 valence electrons. The molecule has 1 amide bonds. The molecule has 0 aromatic heterocycles. The van der Waals surface area contributed by atoms with Gasteiger partial charge in [0.05, 0.1) is 5.41 Å². The van der Waals surface area contributed by atoms with E-state index in [2.05, 4.69) is 19.2 Å². The lowest BCUT2D eigenvalue weighted by molar-refractivity contribution is -0.127. The third-order valence-corrected chi connectivity index (χ3v) is 4.65. The van der Waals surface area contributed by atoms with E-state index >= 15 is 0 Å². The minimum Gasteiger partial charge on any atom is -0.399 e. The fraction of sp³-hybridized carbons (Fsp3) is 0.350. The van der Waals surface area contributed by atoms with Gasteiger partial charge in [-0.15, -0.1) is 12.4 Å². The molecule has 0 unspecified atom stereocenters. The highest BCUT2D eigenvalue weighted by Gasteiger charge is 2.36. The van der Waals surface area contributed by atoms with Crippen molar-refractivity contribution in [3.8, 4) is 0 Å². The van der Waals surface area contributed by atoms with Gasteiger partial charge in [-0.05, 0) is 42.5 Å². The van der Waals surface area contributed by atoms with Crippen LogP contribution in [-0.4, -0.2) is 12.5 Å². The van der Waals surface area contributed by atoms with Crippen LogP contribution in [0.15, 0.2) is 54.6 Å². The van der Waals surface area contributed by atoms with Crippen molar-refractivity contribution in [3.63, 3.8) is 0 Å². The van der Waals surface area contributed by atoms with Gasteiger partial charge >= 0.3 is 0 Å². The first-order chi connectivity index (χ1) is 11.1.